The molecule has 0 atom stereocenters. The summed E-state index contributed by atoms with van der Waals surface area (Å²) >= 11 is 0. The maximum Gasteiger partial charge on any atom is 0.338 e. The topological polar surface area (TPSA) is 90.0 Å². The molecule has 0 saturated carbocycles. The van der Waals surface area contributed by atoms with E-state index in [1.807, 2.05) is 6.92 Å². The van der Waals surface area contributed by atoms with Gasteiger partial charge in [-0.15, -0.1) is 0 Å². The second kappa shape index (κ2) is 8.24. The zero-order valence-electron chi connectivity index (χ0n) is 16.6. The van der Waals surface area contributed by atoms with Crippen LogP contribution in [0.3, 0.4) is 0 Å². The first-order chi connectivity index (χ1) is 13.8. The van der Waals surface area contributed by atoms with Gasteiger partial charge in [-0.05, 0) is 61.7 Å². The largest absolute Gasteiger partial charge is 0.496 e. The lowest BCUT2D eigenvalue weighted by molar-refractivity contribution is 0.0474. The molecule has 154 valence electrons. The lowest BCUT2D eigenvalue weighted by Crippen LogP contribution is -2.30. The molecule has 0 amide bonds. The molecule has 0 unspecified atom stereocenters. The molecule has 0 aliphatic carbocycles. The molecule has 8 heteroatoms. The highest BCUT2D eigenvalue weighted by Crippen LogP contribution is 2.31. The number of carbonyl (C=O) groups is 2. The number of nitrogens with zero attached hydrogens (tertiary/aromatic N) is 1. The molecular weight excluding hydrogens is 394 g/mol. The van der Waals surface area contributed by atoms with Crippen molar-refractivity contribution in [2.75, 3.05) is 30.3 Å². The number of anilines is 1. The number of benzene rings is 2. The number of hydrogen-bond acceptors (Lipinski definition) is 6. The van der Waals surface area contributed by atoms with Crippen LogP contribution in [0, 0.1) is 6.92 Å². The van der Waals surface area contributed by atoms with Crippen LogP contribution in [0.4, 0.5) is 5.69 Å². The summed E-state index contributed by atoms with van der Waals surface area (Å²) < 4.78 is 36.0. The van der Waals surface area contributed by atoms with Crippen LogP contribution < -0.4 is 9.04 Å². The molecule has 1 heterocycles. The first-order valence-corrected chi connectivity index (χ1v) is 10.9. The van der Waals surface area contributed by atoms with Gasteiger partial charge >= 0.3 is 5.97 Å². The molecule has 1 aliphatic rings. The summed E-state index contributed by atoms with van der Waals surface area (Å²) in [5.74, 6) is -0.376. The summed E-state index contributed by atoms with van der Waals surface area (Å²) in [4.78, 5) is 24.7. The van der Waals surface area contributed by atoms with Gasteiger partial charge in [0.1, 0.15) is 5.75 Å². The molecule has 0 bridgehead atoms. The van der Waals surface area contributed by atoms with Crippen LogP contribution in [0.5, 0.6) is 5.75 Å². The molecule has 1 aliphatic heterocycles. The third-order valence-electron chi connectivity index (χ3n) is 4.93. The minimum atomic E-state index is -3.34. The molecule has 2 aromatic carbocycles. The van der Waals surface area contributed by atoms with Crippen LogP contribution in [0.25, 0.3) is 0 Å². The van der Waals surface area contributed by atoms with E-state index < -0.39 is 22.6 Å². The van der Waals surface area contributed by atoms with Crippen molar-refractivity contribution < 1.29 is 27.5 Å². The number of ether oxygens (including phenoxy) is 2. The quantitative estimate of drug-likeness (QED) is 0.508. The number of aryl methyl sites for hydroxylation is 1. The number of rotatable bonds is 7. The summed E-state index contributed by atoms with van der Waals surface area (Å²) in [5.41, 5.74) is 2.97. The lowest BCUT2D eigenvalue weighted by atomic mass is 10.1. The van der Waals surface area contributed by atoms with Gasteiger partial charge in [0, 0.05) is 12.1 Å². The van der Waals surface area contributed by atoms with Crippen LogP contribution in [0.15, 0.2) is 36.4 Å². The van der Waals surface area contributed by atoms with E-state index in [1.165, 1.54) is 11.4 Å². The molecule has 0 radical (unpaired) electrons. The van der Waals surface area contributed by atoms with Gasteiger partial charge in [0.25, 0.3) is 0 Å². The van der Waals surface area contributed by atoms with E-state index in [9.17, 15) is 18.0 Å². The highest BCUT2D eigenvalue weighted by Gasteiger charge is 2.28. The number of methoxy groups -OCH3 is 1. The normalized spacial score (nSPS) is 13.1. The zero-order valence-corrected chi connectivity index (χ0v) is 17.4. The van der Waals surface area contributed by atoms with Crippen molar-refractivity contribution in [2.24, 2.45) is 0 Å². The molecule has 3 rings (SSSR count). The molecule has 0 spiro atoms. The van der Waals surface area contributed by atoms with E-state index in [4.69, 9.17) is 9.47 Å². The number of Topliss-reactive ketones (excluding diaryl/α,β-unsaturated/α-hetero) is 1. The van der Waals surface area contributed by atoms with Crippen LogP contribution in [0.2, 0.25) is 0 Å². The lowest BCUT2D eigenvalue weighted by Gasteiger charge is -2.18. The smallest absolute Gasteiger partial charge is 0.338 e. The van der Waals surface area contributed by atoms with Crippen molar-refractivity contribution in [1.82, 2.24) is 0 Å². The number of fused-ring (bicyclic) bond motifs is 1. The maximum absolute atomic E-state index is 12.5. The second-order valence-electron chi connectivity index (χ2n) is 6.75. The molecule has 2 aromatic rings. The molecule has 0 fully saturated rings. The van der Waals surface area contributed by atoms with Crippen LogP contribution in [0.1, 0.15) is 38.8 Å². The van der Waals surface area contributed by atoms with Crippen molar-refractivity contribution in [3.63, 3.8) is 0 Å². The Bertz CT molecular complexity index is 1060. The fourth-order valence-corrected chi connectivity index (χ4v) is 4.39. The Kier molecular flexibility index (Phi) is 5.93. The second-order valence-corrected chi connectivity index (χ2v) is 8.93. The van der Waals surface area contributed by atoms with E-state index in [0.29, 0.717) is 35.5 Å². The third-order valence-corrected chi connectivity index (χ3v) is 6.71. The molecule has 0 aromatic heterocycles. The molecule has 29 heavy (non-hydrogen) atoms. The Morgan fingerprint density at radius 1 is 1.10 bits per heavy atom. The summed E-state index contributed by atoms with van der Waals surface area (Å²) in [7, 11) is -1.82. The highest BCUT2D eigenvalue weighted by atomic mass is 32.2. The maximum atomic E-state index is 12.5. The van der Waals surface area contributed by atoms with Crippen LogP contribution >= 0.6 is 0 Å². The summed E-state index contributed by atoms with van der Waals surface area (Å²) in [6.45, 7) is 3.43. The van der Waals surface area contributed by atoms with Gasteiger partial charge in [-0.25, -0.2) is 13.2 Å². The zero-order chi connectivity index (χ0) is 21.2. The van der Waals surface area contributed by atoms with Crippen molar-refractivity contribution >= 4 is 27.5 Å². The van der Waals surface area contributed by atoms with E-state index in [1.54, 1.807) is 43.3 Å². The predicted molar refractivity (Wildman–Crippen MR) is 109 cm³/mol. The van der Waals surface area contributed by atoms with E-state index in [-0.39, 0.29) is 11.5 Å². The molecule has 0 N–H and O–H groups in total. The van der Waals surface area contributed by atoms with Gasteiger partial charge in [-0.1, -0.05) is 6.07 Å². The Morgan fingerprint density at radius 3 is 2.52 bits per heavy atom. The minimum Gasteiger partial charge on any atom is -0.496 e. The van der Waals surface area contributed by atoms with Gasteiger partial charge in [0.2, 0.25) is 10.0 Å². The molecule has 0 saturated heterocycles. The number of ketones is 1. The number of carbonyl (C=O) groups excluding carboxylic acids is 2. The van der Waals surface area contributed by atoms with Gasteiger partial charge in [0.05, 0.1) is 24.1 Å². The van der Waals surface area contributed by atoms with Crippen LogP contribution in [-0.2, 0) is 21.2 Å². The van der Waals surface area contributed by atoms with Crippen molar-refractivity contribution in [3.8, 4) is 5.75 Å². The Morgan fingerprint density at radius 2 is 1.83 bits per heavy atom. The third kappa shape index (κ3) is 4.27. The summed E-state index contributed by atoms with van der Waals surface area (Å²) in [6.07, 6.45) is 0.540. The van der Waals surface area contributed by atoms with Gasteiger partial charge < -0.3 is 9.47 Å². The van der Waals surface area contributed by atoms with E-state index >= 15 is 0 Å². The Labute approximate surface area is 170 Å². The Hall–Kier alpha value is -2.87. The van der Waals surface area contributed by atoms with Crippen molar-refractivity contribution in [3.05, 3.63) is 58.7 Å². The molecule has 7 nitrogen and oxygen atoms in total. The molecular formula is C21H23NO6S. The highest BCUT2D eigenvalue weighted by molar-refractivity contribution is 7.92. The first kappa shape index (κ1) is 20.9. The number of esters is 1. The SMILES string of the molecule is CCS(=O)(=O)N1CCc2cc(C(=O)COC(=O)c3ccc(C)c(OC)c3)ccc21. The first-order valence-electron chi connectivity index (χ1n) is 9.25. The van der Waals surface area contributed by atoms with E-state index in [2.05, 4.69) is 0 Å². The average molecular weight is 417 g/mol. The van der Waals surface area contributed by atoms with E-state index in [0.717, 1.165) is 11.1 Å². The summed E-state index contributed by atoms with van der Waals surface area (Å²) in [6, 6.07) is 9.80. The van der Waals surface area contributed by atoms with Gasteiger partial charge in [-0.2, -0.15) is 0 Å². The van der Waals surface area contributed by atoms with Crippen LogP contribution in [-0.4, -0.2) is 46.2 Å². The number of hydrogen-bond donors (Lipinski definition) is 0. The average Bonchev–Trinajstić information content (AvgIpc) is 3.16. The predicted octanol–water partition coefficient (Wildman–Crippen LogP) is 2.76. The van der Waals surface area contributed by atoms with Gasteiger partial charge in [-0.3, -0.25) is 9.10 Å². The summed E-state index contributed by atoms with van der Waals surface area (Å²) in [5, 5.41) is 0. The fraction of sp³-hybridized carbons (Fsp3) is 0.333. The number of sulfonamides is 1. The Balaban J connectivity index is 1.69. The van der Waals surface area contributed by atoms with Crippen molar-refractivity contribution in [2.45, 2.75) is 20.3 Å². The fourth-order valence-electron chi connectivity index (χ4n) is 3.23. The standard InChI is InChI=1S/C21H23NO6S/c1-4-29(25,26)22-10-9-15-11-16(7-8-18(15)22)19(23)13-28-21(24)17-6-5-14(2)20(12-17)27-3/h5-8,11-12H,4,9-10,13H2,1-3H3. The monoisotopic (exact) mass is 417 g/mol. The van der Waals surface area contributed by atoms with Crippen molar-refractivity contribution in [1.29, 1.82) is 0 Å². The van der Waals surface area contributed by atoms with Gasteiger partial charge in [0.15, 0.2) is 12.4 Å². The minimum absolute atomic E-state index is 0.0207.